The third kappa shape index (κ3) is 4.74. The molecule has 1 aromatic heterocycles. The predicted octanol–water partition coefficient (Wildman–Crippen LogP) is 4.70. The maximum Gasteiger partial charge on any atom is 0.240 e. The Bertz CT molecular complexity index is 1280. The van der Waals surface area contributed by atoms with Crippen molar-refractivity contribution in [2.24, 2.45) is 0 Å². The monoisotopic (exact) mass is 475 g/mol. The van der Waals surface area contributed by atoms with E-state index in [1.807, 2.05) is 61.5 Å². The minimum Gasteiger partial charge on any atom is -0.486 e. The van der Waals surface area contributed by atoms with Gasteiger partial charge < -0.3 is 15.5 Å². The average Bonchev–Trinajstić information content (AvgIpc) is 3.26. The van der Waals surface area contributed by atoms with Gasteiger partial charge in [-0.05, 0) is 48.9 Å². The quantitative estimate of drug-likeness (QED) is 0.421. The minimum absolute atomic E-state index is 0.188. The third-order valence-electron chi connectivity index (χ3n) is 5.42. The van der Waals surface area contributed by atoms with Gasteiger partial charge in [0.1, 0.15) is 23.4 Å². The van der Waals surface area contributed by atoms with E-state index < -0.39 is 11.3 Å². The number of anilines is 1. The molecule has 1 aliphatic heterocycles. The molecule has 7 nitrogen and oxygen atoms in total. The summed E-state index contributed by atoms with van der Waals surface area (Å²) in [5.74, 6) is 0.756. The van der Waals surface area contributed by atoms with Gasteiger partial charge in [-0.2, -0.15) is 0 Å². The first-order chi connectivity index (χ1) is 16.6. The number of benzene rings is 3. The molecule has 0 radical (unpaired) electrons. The van der Waals surface area contributed by atoms with E-state index in [1.54, 1.807) is 16.8 Å². The number of aryl methyl sites for hydroxylation is 1. The second kappa shape index (κ2) is 9.56. The summed E-state index contributed by atoms with van der Waals surface area (Å²) in [6, 6.07) is 22.7. The number of para-hydroxylation sites is 1. The number of aromatic nitrogens is 3. The smallest absolute Gasteiger partial charge is 0.240 e. The molecule has 2 atom stereocenters. The molecule has 0 saturated heterocycles. The molecule has 1 aliphatic rings. The van der Waals surface area contributed by atoms with E-state index in [0.29, 0.717) is 22.4 Å². The van der Waals surface area contributed by atoms with Gasteiger partial charge in [0.2, 0.25) is 11.1 Å². The molecule has 0 fully saturated rings. The average molecular weight is 476 g/mol. The highest BCUT2D eigenvalue weighted by atomic mass is 32.2. The van der Waals surface area contributed by atoms with E-state index in [1.165, 1.54) is 23.9 Å². The van der Waals surface area contributed by atoms with Gasteiger partial charge in [-0.1, -0.05) is 59.8 Å². The number of carbonyl (C=O) groups is 1. The van der Waals surface area contributed by atoms with Crippen LogP contribution in [0.25, 0.3) is 0 Å². The third-order valence-corrected chi connectivity index (χ3v) is 6.64. The number of nitrogens with one attached hydrogen (secondary N) is 2. The number of ether oxygens (including phenoxy) is 1. The van der Waals surface area contributed by atoms with Crippen molar-refractivity contribution in [2.45, 2.75) is 30.0 Å². The molecule has 172 valence electrons. The molecule has 34 heavy (non-hydrogen) atoms. The molecule has 5 rings (SSSR count). The maximum atomic E-state index is 13.6. The van der Waals surface area contributed by atoms with E-state index in [2.05, 4.69) is 20.9 Å². The van der Waals surface area contributed by atoms with Crippen LogP contribution >= 0.6 is 11.8 Å². The van der Waals surface area contributed by atoms with Gasteiger partial charge in [0.25, 0.3) is 0 Å². The van der Waals surface area contributed by atoms with Crippen LogP contribution in [0.3, 0.4) is 0 Å². The number of nitrogens with zero attached hydrogens (tertiary/aromatic N) is 3. The van der Waals surface area contributed by atoms with Gasteiger partial charge in [0.05, 0.1) is 6.04 Å². The van der Waals surface area contributed by atoms with Gasteiger partial charge in [0.15, 0.2) is 5.82 Å². The van der Waals surface area contributed by atoms with Crippen molar-refractivity contribution >= 4 is 23.4 Å². The summed E-state index contributed by atoms with van der Waals surface area (Å²) < 4.78 is 21.2. The highest BCUT2D eigenvalue weighted by molar-refractivity contribution is 8.00. The summed E-state index contributed by atoms with van der Waals surface area (Å²) in [5, 5.41) is 11.5. The molecule has 4 aromatic rings. The summed E-state index contributed by atoms with van der Waals surface area (Å²) in [6.07, 6.45) is 0. The second-order valence-electron chi connectivity index (χ2n) is 7.89. The summed E-state index contributed by atoms with van der Waals surface area (Å²) in [5.41, 5.74) is 5.93. The molecule has 9 heteroatoms. The number of amides is 1. The lowest BCUT2D eigenvalue weighted by Gasteiger charge is -2.33. The van der Waals surface area contributed by atoms with Gasteiger partial charge >= 0.3 is 0 Å². The Balaban J connectivity index is 1.41. The Morgan fingerprint density at radius 3 is 2.53 bits per heavy atom. The van der Waals surface area contributed by atoms with Gasteiger partial charge in [-0.3, -0.25) is 4.79 Å². The molecule has 2 N–H and O–H groups in total. The fraction of sp³-hybridized carbons (Fsp3) is 0.160. The first-order valence-electron chi connectivity index (χ1n) is 10.8. The molecular formula is C25H22FN5O2S. The normalized spacial score (nSPS) is 16.9. The topological polar surface area (TPSA) is 81.1 Å². The van der Waals surface area contributed by atoms with Crippen molar-refractivity contribution < 1.29 is 13.9 Å². The summed E-state index contributed by atoms with van der Waals surface area (Å²) in [6.45, 7) is 2.18. The zero-order chi connectivity index (χ0) is 23.5. The Labute approximate surface area is 200 Å². The highest BCUT2D eigenvalue weighted by Gasteiger charge is 2.38. The molecular weight excluding hydrogens is 453 g/mol. The lowest BCUT2D eigenvalue weighted by molar-refractivity contribution is -0.116. The number of thioether (sulfide) groups is 1. The van der Waals surface area contributed by atoms with Gasteiger partial charge in [-0.25, -0.2) is 9.07 Å². The van der Waals surface area contributed by atoms with Crippen LogP contribution in [0.4, 0.5) is 10.1 Å². The van der Waals surface area contributed by atoms with Crippen molar-refractivity contribution in [1.82, 2.24) is 14.9 Å². The second-order valence-corrected chi connectivity index (χ2v) is 9.00. The van der Waals surface area contributed by atoms with E-state index in [0.717, 1.165) is 11.1 Å². The molecule has 3 aromatic carbocycles. The SMILES string of the molecule is Cc1ccc(NC(=O)[C@@H]2Sc3nnc(COc4ccccc4)n3N[C@@H]2c2ccc(F)cc2)cc1. The molecule has 0 bridgehead atoms. The Kier molecular flexibility index (Phi) is 6.18. The van der Waals surface area contributed by atoms with E-state index in [9.17, 15) is 9.18 Å². The van der Waals surface area contributed by atoms with Gasteiger partial charge in [0, 0.05) is 5.69 Å². The highest BCUT2D eigenvalue weighted by Crippen LogP contribution is 2.37. The predicted molar refractivity (Wildman–Crippen MR) is 129 cm³/mol. The first kappa shape index (κ1) is 22.0. The Hall–Kier alpha value is -3.85. The van der Waals surface area contributed by atoms with Crippen LogP contribution in [0.15, 0.2) is 84.0 Å². The largest absolute Gasteiger partial charge is 0.486 e. The lowest BCUT2D eigenvalue weighted by Crippen LogP contribution is -2.41. The molecule has 0 saturated carbocycles. The number of carbonyl (C=O) groups excluding carboxylic acids is 1. The van der Waals surface area contributed by atoms with Gasteiger partial charge in [-0.15, -0.1) is 10.2 Å². The van der Waals surface area contributed by atoms with Crippen LogP contribution in [0.2, 0.25) is 0 Å². The van der Waals surface area contributed by atoms with Crippen molar-refractivity contribution in [3.8, 4) is 5.75 Å². The van der Waals surface area contributed by atoms with Crippen LogP contribution in [0.5, 0.6) is 5.75 Å². The zero-order valence-electron chi connectivity index (χ0n) is 18.3. The van der Waals surface area contributed by atoms with Crippen LogP contribution in [-0.2, 0) is 11.4 Å². The van der Waals surface area contributed by atoms with Crippen LogP contribution in [0, 0.1) is 12.7 Å². The summed E-state index contributed by atoms with van der Waals surface area (Å²) in [4.78, 5) is 13.3. The fourth-order valence-electron chi connectivity index (χ4n) is 3.63. The first-order valence-corrected chi connectivity index (χ1v) is 11.6. The minimum atomic E-state index is -0.564. The number of hydrogen-bond donors (Lipinski definition) is 2. The maximum absolute atomic E-state index is 13.6. The lowest BCUT2D eigenvalue weighted by atomic mass is 10.0. The number of halogens is 1. The Morgan fingerprint density at radius 1 is 1.06 bits per heavy atom. The molecule has 1 amide bonds. The molecule has 0 unspecified atom stereocenters. The van der Waals surface area contributed by atoms with E-state index in [-0.39, 0.29) is 18.3 Å². The van der Waals surface area contributed by atoms with E-state index >= 15 is 0 Å². The van der Waals surface area contributed by atoms with Crippen molar-refractivity contribution in [2.75, 3.05) is 10.7 Å². The van der Waals surface area contributed by atoms with Crippen molar-refractivity contribution in [3.63, 3.8) is 0 Å². The van der Waals surface area contributed by atoms with Crippen LogP contribution < -0.4 is 15.5 Å². The fourth-order valence-corrected chi connectivity index (χ4v) is 4.73. The van der Waals surface area contributed by atoms with Crippen molar-refractivity contribution in [1.29, 1.82) is 0 Å². The molecule has 0 aliphatic carbocycles. The molecule has 2 heterocycles. The zero-order valence-corrected chi connectivity index (χ0v) is 19.1. The van der Waals surface area contributed by atoms with E-state index in [4.69, 9.17) is 4.74 Å². The summed E-state index contributed by atoms with van der Waals surface area (Å²) in [7, 11) is 0. The Morgan fingerprint density at radius 2 is 1.79 bits per heavy atom. The van der Waals surface area contributed by atoms with Crippen LogP contribution in [0.1, 0.15) is 23.0 Å². The number of hydrogen-bond acceptors (Lipinski definition) is 6. The van der Waals surface area contributed by atoms with Crippen molar-refractivity contribution in [3.05, 3.63) is 102 Å². The van der Waals surface area contributed by atoms with Crippen LogP contribution in [-0.4, -0.2) is 26.0 Å². The standard InChI is InChI=1S/C25H22FN5O2S/c1-16-7-13-19(14-8-16)27-24(32)23-22(17-9-11-18(26)12-10-17)30-31-21(28-29-25(31)34-23)15-33-20-5-3-2-4-6-20/h2-14,22-23,30H,15H2,1H3,(H,27,32)/t22-,23-/m1/s1. The number of rotatable bonds is 6. The summed E-state index contributed by atoms with van der Waals surface area (Å²) >= 11 is 1.30. The number of fused-ring (bicyclic) bond motifs is 1. The molecule has 0 spiro atoms.